The molecule has 3 rings (SSSR count). The van der Waals surface area contributed by atoms with Crippen LogP contribution in [0.15, 0.2) is 6.20 Å². The van der Waals surface area contributed by atoms with Crippen LogP contribution in [0.4, 0.5) is 5.95 Å². The number of rotatable bonds is 4. The highest BCUT2D eigenvalue weighted by molar-refractivity contribution is 8.06. The third-order valence-corrected chi connectivity index (χ3v) is 7.04. The maximum Gasteiger partial charge on any atom is 0.203 e. The lowest BCUT2D eigenvalue weighted by atomic mass is 9.95. The summed E-state index contributed by atoms with van der Waals surface area (Å²) in [6.45, 7) is 3.16. The lowest BCUT2D eigenvalue weighted by Gasteiger charge is -2.26. The van der Waals surface area contributed by atoms with Crippen molar-refractivity contribution in [3.05, 3.63) is 11.9 Å². The van der Waals surface area contributed by atoms with Gasteiger partial charge < -0.3 is 9.88 Å². The molecule has 1 aliphatic carbocycles. The normalized spacial score (nSPS) is 24.8. The molecule has 1 atom stereocenters. The number of nitrogens with zero attached hydrogens (tertiary/aromatic N) is 2. The summed E-state index contributed by atoms with van der Waals surface area (Å²) < 4.78 is 2.41. The second-order valence-corrected chi connectivity index (χ2v) is 8.41. The first-order valence-electron chi connectivity index (χ1n) is 7.81. The van der Waals surface area contributed by atoms with Crippen LogP contribution in [-0.4, -0.2) is 38.6 Å². The fraction of sp³-hybridized carbons (Fsp3) is 0.800. The summed E-state index contributed by atoms with van der Waals surface area (Å²) in [5.74, 6) is 5.00. The van der Waals surface area contributed by atoms with E-state index >= 15 is 0 Å². The molecule has 0 radical (unpaired) electrons. The van der Waals surface area contributed by atoms with Crippen LogP contribution < -0.4 is 5.32 Å². The fourth-order valence-corrected chi connectivity index (χ4v) is 5.76. The van der Waals surface area contributed by atoms with Crippen molar-refractivity contribution >= 4 is 29.5 Å². The van der Waals surface area contributed by atoms with Gasteiger partial charge in [0.1, 0.15) is 0 Å². The third-order valence-electron chi connectivity index (χ3n) is 4.19. The van der Waals surface area contributed by atoms with Crippen molar-refractivity contribution in [3.8, 4) is 0 Å². The Kier molecular flexibility index (Phi) is 5.21. The van der Waals surface area contributed by atoms with E-state index in [4.69, 9.17) is 4.98 Å². The molecule has 2 aliphatic rings. The van der Waals surface area contributed by atoms with E-state index in [0.717, 1.165) is 23.4 Å². The standard InChI is InChI=1S/C15H25N3S2/c1-12-10-18(13-5-3-2-4-6-13)15(17-12)16-9-14-11-19-7-8-20-14/h10,13-14H,2-9,11H2,1H3,(H,16,17). The molecule has 1 saturated carbocycles. The van der Waals surface area contributed by atoms with Crippen molar-refractivity contribution in [2.24, 2.45) is 0 Å². The van der Waals surface area contributed by atoms with Crippen LogP contribution in [-0.2, 0) is 0 Å². The predicted octanol–water partition coefficient (Wildman–Crippen LogP) is 3.96. The Morgan fingerprint density at radius 3 is 2.90 bits per heavy atom. The van der Waals surface area contributed by atoms with Gasteiger partial charge in [0.05, 0.1) is 5.69 Å². The summed E-state index contributed by atoms with van der Waals surface area (Å²) >= 11 is 4.20. The number of aryl methyl sites for hydroxylation is 1. The van der Waals surface area contributed by atoms with Crippen LogP contribution in [0.2, 0.25) is 0 Å². The largest absolute Gasteiger partial charge is 0.354 e. The van der Waals surface area contributed by atoms with E-state index in [1.54, 1.807) is 0 Å². The van der Waals surface area contributed by atoms with Gasteiger partial charge in [0.15, 0.2) is 0 Å². The van der Waals surface area contributed by atoms with Gasteiger partial charge in [-0.15, -0.1) is 0 Å². The summed E-state index contributed by atoms with van der Waals surface area (Å²) in [4.78, 5) is 4.71. The molecule has 1 unspecified atom stereocenters. The molecule has 1 saturated heterocycles. The number of hydrogen-bond acceptors (Lipinski definition) is 4. The van der Waals surface area contributed by atoms with E-state index in [-0.39, 0.29) is 0 Å². The van der Waals surface area contributed by atoms with E-state index < -0.39 is 0 Å². The fourth-order valence-electron chi connectivity index (χ4n) is 3.14. The minimum Gasteiger partial charge on any atom is -0.354 e. The van der Waals surface area contributed by atoms with Gasteiger partial charge in [0.2, 0.25) is 5.95 Å². The van der Waals surface area contributed by atoms with Crippen molar-refractivity contribution in [3.63, 3.8) is 0 Å². The van der Waals surface area contributed by atoms with Crippen LogP contribution in [0.5, 0.6) is 0 Å². The predicted molar refractivity (Wildman–Crippen MR) is 91.1 cm³/mol. The smallest absolute Gasteiger partial charge is 0.203 e. The number of hydrogen-bond donors (Lipinski definition) is 1. The average Bonchev–Trinajstić information content (AvgIpc) is 2.88. The van der Waals surface area contributed by atoms with E-state index in [2.05, 4.69) is 46.5 Å². The number of thioether (sulfide) groups is 2. The lowest BCUT2D eigenvalue weighted by Crippen LogP contribution is -2.25. The highest BCUT2D eigenvalue weighted by Gasteiger charge is 2.20. The molecule has 1 aromatic rings. The van der Waals surface area contributed by atoms with Crippen LogP contribution >= 0.6 is 23.5 Å². The van der Waals surface area contributed by atoms with Crippen LogP contribution in [0.3, 0.4) is 0 Å². The second-order valence-electron chi connectivity index (χ2n) is 5.85. The van der Waals surface area contributed by atoms with E-state index in [1.165, 1.54) is 49.4 Å². The summed E-state index contributed by atoms with van der Waals surface area (Å²) in [5, 5.41) is 4.36. The molecule has 1 aliphatic heterocycles. The molecule has 5 heteroatoms. The van der Waals surface area contributed by atoms with Crippen molar-refractivity contribution in [2.45, 2.75) is 50.3 Å². The van der Waals surface area contributed by atoms with Gasteiger partial charge in [-0.2, -0.15) is 23.5 Å². The Morgan fingerprint density at radius 1 is 1.30 bits per heavy atom. The maximum atomic E-state index is 4.71. The van der Waals surface area contributed by atoms with Crippen molar-refractivity contribution in [2.75, 3.05) is 29.1 Å². The van der Waals surface area contributed by atoms with Gasteiger partial charge in [-0.1, -0.05) is 19.3 Å². The molecule has 0 amide bonds. The molecule has 20 heavy (non-hydrogen) atoms. The summed E-state index contributed by atoms with van der Waals surface area (Å²) in [6.07, 6.45) is 9.02. The SMILES string of the molecule is Cc1cn(C2CCCCC2)c(NCC2CSCCS2)n1. The minimum absolute atomic E-state index is 0.667. The monoisotopic (exact) mass is 311 g/mol. The summed E-state index contributed by atoms with van der Waals surface area (Å²) in [6, 6.07) is 0.667. The second kappa shape index (κ2) is 7.12. The maximum absolute atomic E-state index is 4.71. The van der Waals surface area contributed by atoms with Gasteiger partial charge >= 0.3 is 0 Å². The van der Waals surface area contributed by atoms with Crippen LogP contribution in [0.1, 0.15) is 43.8 Å². The summed E-state index contributed by atoms with van der Waals surface area (Å²) in [7, 11) is 0. The topological polar surface area (TPSA) is 29.9 Å². The Hall–Kier alpha value is -0.290. The molecular formula is C15H25N3S2. The first kappa shape index (κ1) is 14.6. The molecule has 0 spiro atoms. The lowest BCUT2D eigenvalue weighted by molar-refractivity contribution is 0.355. The molecule has 0 aromatic carbocycles. The average molecular weight is 312 g/mol. The summed E-state index contributed by atoms with van der Waals surface area (Å²) in [5.41, 5.74) is 1.14. The zero-order valence-electron chi connectivity index (χ0n) is 12.3. The van der Waals surface area contributed by atoms with E-state index in [9.17, 15) is 0 Å². The van der Waals surface area contributed by atoms with Gasteiger partial charge in [-0.3, -0.25) is 0 Å². The van der Waals surface area contributed by atoms with Crippen LogP contribution in [0.25, 0.3) is 0 Å². The zero-order valence-corrected chi connectivity index (χ0v) is 13.9. The first-order valence-corrected chi connectivity index (χ1v) is 10.0. The Labute approximate surface area is 130 Å². The molecule has 1 N–H and O–H groups in total. The molecule has 2 heterocycles. The van der Waals surface area contributed by atoms with Gasteiger partial charge in [-0.25, -0.2) is 4.98 Å². The molecule has 2 fully saturated rings. The quantitative estimate of drug-likeness (QED) is 0.911. The molecule has 112 valence electrons. The first-order chi connectivity index (χ1) is 9.83. The van der Waals surface area contributed by atoms with Gasteiger partial charge in [-0.05, 0) is 19.8 Å². The van der Waals surface area contributed by atoms with Crippen LogP contribution in [0, 0.1) is 6.92 Å². The number of anilines is 1. The minimum atomic E-state index is 0.667. The Bertz CT molecular complexity index is 421. The van der Waals surface area contributed by atoms with Gasteiger partial charge in [0.25, 0.3) is 0 Å². The zero-order chi connectivity index (χ0) is 13.8. The molecule has 3 nitrogen and oxygen atoms in total. The van der Waals surface area contributed by atoms with E-state index in [0.29, 0.717) is 6.04 Å². The van der Waals surface area contributed by atoms with Gasteiger partial charge in [0, 0.05) is 41.3 Å². The van der Waals surface area contributed by atoms with Crippen molar-refractivity contribution < 1.29 is 0 Å². The Balaban J connectivity index is 1.62. The molecule has 1 aromatic heterocycles. The molecule has 0 bridgehead atoms. The number of aromatic nitrogens is 2. The highest BCUT2D eigenvalue weighted by atomic mass is 32.2. The van der Waals surface area contributed by atoms with Crippen molar-refractivity contribution in [1.29, 1.82) is 0 Å². The molecular weight excluding hydrogens is 286 g/mol. The van der Waals surface area contributed by atoms with Crippen molar-refractivity contribution in [1.82, 2.24) is 9.55 Å². The third kappa shape index (κ3) is 3.67. The number of imidazole rings is 1. The number of nitrogens with one attached hydrogen (secondary N) is 1. The van der Waals surface area contributed by atoms with E-state index in [1.807, 2.05) is 0 Å². The highest BCUT2D eigenvalue weighted by Crippen LogP contribution is 2.31. The Morgan fingerprint density at radius 2 is 2.15 bits per heavy atom.